The minimum Gasteiger partial charge on any atom is -0.492 e. The van der Waals surface area contributed by atoms with Crippen LogP contribution in [0.25, 0.3) is 0 Å². The zero-order valence-electron chi connectivity index (χ0n) is 13.0. The summed E-state index contributed by atoms with van der Waals surface area (Å²) in [5, 5.41) is 2.87. The Kier molecular flexibility index (Phi) is 6.34. The maximum absolute atomic E-state index is 11.7. The molecule has 0 radical (unpaired) electrons. The Balaban J connectivity index is 1.64. The molecule has 0 heterocycles. The Morgan fingerprint density at radius 1 is 1.09 bits per heavy atom. The number of rotatable bonds is 7. The highest BCUT2D eigenvalue weighted by Gasteiger charge is 2.02. The quantitative estimate of drug-likeness (QED) is 0.627. The molecule has 22 heavy (non-hydrogen) atoms. The van der Waals surface area contributed by atoms with Crippen molar-refractivity contribution in [1.82, 2.24) is 5.32 Å². The van der Waals surface area contributed by atoms with Crippen molar-refractivity contribution in [3.05, 3.63) is 59.7 Å². The maximum atomic E-state index is 11.7. The number of hydrogen-bond donors (Lipinski definition) is 1. The molecule has 0 spiro atoms. The van der Waals surface area contributed by atoms with Gasteiger partial charge in [0, 0.05) is 4.90 Å². The Bertz CT molecular complexity index is 593. The molecule has 0 aliphatic heterocycles. The average molecular weight is 315 g/mol. The minimum absolute atomic E-state index is 0.0258. The number of amides is 1. The maximum Gasteiger partial charge on any atom is 0.230 e. The standard InChI is InChI=1S/C18H21NO2S/c1-14-10-15(2)12-16(11-14)21-9-8-19-18(20)13-22-17-6-4-3-5-7-17/h3-7,10-12H,8-9,13H2,1-2H3,(H,19,20). The van der Waals surface area contributed by atoms with Crippen molar-refractivity contribution in [2.24, 2.45) is 0 Å². The van der Waals surface area contributed by atoms with E-state index in [1.54, 1.807) is 0 Å². The second-order valence-corrected chi connectivity index (χ2v) is 6.17. The van der Waals surface area contributed by atoms with Gasteiger partial charge in [0.15, 0.2) is 0 Å². The number of carbonyl (C=O) groups is 1. The average Bonchev–Trinajstić information content (AvgIpc) is 2.50. The summed E-state index contributed by atoms with van der Waals surface area (Å²) in [6.07, 6.45) is 0. The van der Waals surface area contributed by atoms with E-state index in [4.69, 9.17) is 4.74 Å². The fraction of sp³-hybridized carbons (Fsp3) is 0.278. The van der Waals surface area contributed by atoms with Crippen molar-refractivity contribution in [1.29, 1.82) is 0 Å². The molecular weight excluding hydrogens is 294 g/mol. The Morgan fingerprint density at radius 3 is 2.45 bits per heavy atom. The SMILES string of the molecule is Cc1cc(C)cc(OCCNC(=O)CSc2ccccc2)c1. The van der Waals surface area contributed by atoms with Crippen LogP contribution < -0.4 is 10.1 Å². The molecule has 0 atom stereocenters. The van der Waals surface area contributed by atoms with E-state index in [1.807, 2.05) is 56.3 Å². The molecule has 1 N–H and O–H groups in total. The largest absolute Gasteiger partial charge is 0.492 e. The molecule has 1 amide bonds. The molecule has 116 valence electrons. The lowest BCUT2D eigenvalue weighted by Gasteiger charge is -2.09. The lowest BCUT2D eigenvalue weighted by atomic mass is 10.1. The molecule has 0 fully saturated rings. The van der Waals surface area contributed by atoms with Crippen molar-refractivity contribution in [2.45, 2.75) is 18.7 Å². The third-order valence-electron chi connectivity index (χ3n) is 3.00. The number of ether oxygens (including phenoxy) is 1. The summed E-state index contributed by atoms with van der Waals surface area (Å²) < 4.78 is 5.66. The van der Waals surface area contributed by atoms with Gasteiger partial charge in [-0.15, -0.1) is 11.8 Å². The van der Waals surface area contributed by atoms with E-state index in [0.717, 1.165) is 10.6 Å². The van der Waals surface area contributed by atoms with Gasteiger partial charge in [0.25, 0.3) is 0 Å². The summed E-state index contributed by atoms with van der Waals surface area (Å²) in [6.45, 7) is 5.08. The number of benzene rings is 2. The van der Waals surface area contributed by atoms with Crippen molar-refractivity contribution < 1.29 is 9.53 Å². The van der Waals surface area contributed by atoms with E-state index >= 15 is 0 Å². The second-order valence-electron chi connectivity index (χ2n) is 5.12. The van der Waals surface area contributed by atoms with Crippen LogP contribution in [0.1, 0.15) is 11.1 Å². The minimum atomic E-state index is 0.0258. The van der Waals surface area contributed by atoms with Crippen LogP contribution in [0, 0.1) is 13.8 Å². The van der Waals surface area contributed by atoms with Crippen LogP contribution in [0.2, 0.25) is 0 Å². The second kappa shape index (κ2) is 8.49. The summed E-state index contributed by atoms with van der Waals surface area (Å²) in [5.41, 5.74) is 2.36. The van der Waals surface area contributed by atoms with E-state index in [0.29, 0.717) is 18.9 Å². The van der Waals surface area contributed by atoms with Crippen LogP contribution in [0.3, 0.4) is 0 Å². The van der Waals surface area contributed by atoms with E-state index < -0.39 is 0 Å². The van der Waals surface area contributed by atoms with E-state index in [9.17, 15) is 4.79 Å². The Morgan fingerprint density at radius 2 is 1.77 bits per heavy atom. The first-order valence-corrected chi connectivity index (χ1v) is 8.28. The summed E-state index contributed by atoms with van der Waals surface area (Å²) in [4.78, 5) is 12.8. The highest BCUT2D eigenvalue weighted by molar-refractivity contribution is 8.00. The monoisotopic (exact) mass is 315 g/mol. The molecule has 0 aliphatic carbocycles. The molecular formula is C18H21NO2S. The molecule has 0 saturated carbocycles. The first-order chi connectivity index (χ1) is 10.6. The molecule has 2 aromatic rings. The van der Waals surface area contributed by atoms with Gasteiger partial charge in [0.05, 0.1) is 12.3 Å². The Labute approximate surface area is 136 Å². The van der Waals surface area contributed by atoms with Crippen LogP contribution in [0.5, 0.6) is 5.75 Å². The Hall–Kier alpha value is -1.94. The zero-order chi connectivity index (χ0) is 15.8. The molecule has 0 bridgehead atoms. The predicted octanol–water partition coefficient (Wildman–Crippen LogP) is 3.59. The van der Waals surface area contributed by atoms with E-state index in [2.05, 4.69) is 11.4 Å². The lowest BCUT2D eigenvalue weighted by molar-refractivity contribution is -0.118. The molecule has 0 aromatic heterocycles. The van der Waals surface area contributed by atoms with Gasteiger partial charge in [-0.2, -0.15) is 0 Å². The van der Waals surface area contributed by atoms with Gasteiger partial charge >= 0.3 is 0 Å². The number of carbonyl (C=O) groups excluding carboxylic acids is 1. The summed E-state index contributed by atoms with van der Waals surface area (Å²) in [6, 6.07) is 16.0. The van der Waals surface area contributed by atoms with Crippen LogP contribution in [-0.4, -0.2) is 24.8 Å². The van der Waals surface area contributed by atoms with Crippen molar-refractivity contribution in [3.8, 4) is 5.75 Å². The molecule has 3 nitrogen and oxygen atoms in total. The molecule has 2 aromatic carbocycles. The molecule has 0 aliphatic rings. The smallest absolute Gasteiger partial charge is 0.230 e. The zero-order valence-corrected chi connectivity index (χ0v) is 13.8. The van der Waals surface area contributed by atoms with E-state index in [1.165, 1.54) is 22.9 Å². The molecule has 0 saturated heterocycles. The lowest BCUT2D eigenvalue weighted by Crippen LogP contribution is -2.29. The molecule has 0 unspecified atom stereocenters. The predicted molar refractivity (Wildman–Crippen MR) is 91.6 cm³/mol. The first kappa shape index (κ1) is 16.4. The summed E-state index contributed by atoms with van der Waals surface area (Å²) in [5.74, 6) is 1.30. The first-order valence-electron chi connectivity index (χ1n) is 7.29. The number of aryl methyl sites for hydroxylation is 2. The molecule has 4 heteroatoms. The van der Waals surface area contributed by atoms with Crippen molar-refractivity contribution >= 4 is 17.7 Å². The summed E-state index contributed by atoms with van der Waals surface area (Å²) in [7, 11) is 0. The fourth-order valence-electron chi connectivity index (χ4n) is 2.09. The van der Waals surface area contributed by atoms with E-state index in [-0.39, 0.29) is 5.91 Å². The van der Waals surface area contributed by atoms with Crippen LogP contribution in [0.4, 0.5) is 0 Å². The summed E-state index contributed by atoms with van der Waals surface area (Å²) >= 11 is 1.53. The van der Waals surface area contributed by atoms with Crippen molar-refractivity contribution in [2.75, 3.05) is 18.9 Å². The normalized spacial score (nSPS) is 10.3. The van der Waals surface area contributed by atoms with Gasteiger partial charge in [-0.05, 0) is 49.2 Å². The third kappa shape index (κ3) is 5.82. The number of hydrogen-bond acceptors (Lipinski definition) is 3. The fourth-order valence-corrected chi connectivity index (χ4v) is 2.84. The van der Waals surface area contributed by atoms with Gasteiger partial charge in [-0.1, -0.05) is 24.3 Å². The van der Waals surface area contributed by atoms with Gasteiger partial charge in [0.2, 0.25) is 5.91 Å². The highest BCUT2D eigenvalue weighted by Crippen LogP contribution is 2.17. The third-order valence-corrected chi connectivity index (χ3v) is 4.01. The molecule has 2 rings (SSSR count). The van der Waals surface area contributed by atoms with Crippen LogP contribution >= 0.6 is 11.8 Å². The van der Waals surface area contributed by atoms with Gasteiger partial charge < -0.3 is 10.1 Å². The number of thioether (sulfide) groups is 1. The van der Waals surface area contributed by atoms with Gasteiger partial charge in [0.1, 0.15) is 12.4 Å². The van der Waals surface area contributed by atoms with Crippen LogP contribution in [0.15, 0.2) is 53.4 Å². The van der Waals surface area contributed by atoms with Crippen molar-refractivity contribution in [3.63, 3.8) is 0 Å². The topological polar surface area (TPSA) is 38.3 Å². The van der Waals surface area contributed by atoms with Crippen LogP contribution in [-0.2, 0) is 4.79 Å². The highest BCUT2D eigenvalue weighted by atomic mass is 32.2. The van der Waals surface area contributed by atoms with Gasteiger partial charge in [-0.3, -0.25) is 4.79 Å². The number of nitrogens with one attached hydrogen (secondary N) is 1. The van der Waals surface area contributed by atoms with Gasteiger partial charge in [-0.25, -0.2) is 0 Å².